The Hall–Kier alpha value is -2.04. The molecule has 5 nitrogen and oxygen atoms in total. The van der Waals surface area contributed by atoms with Gasteiger partial charge in [-0.1, -0.05) is 12.1 Å². The smallest absolute Gasteiger partial charge is 0.311 e. The van der Waals surface area contributed by atoms with Crippen LogP contribution in [0.25, 0.3) is 0 Å². The third-order valence-corrected chi connectivity index (χ3v) is 2.53. The van der Waals surface area contributed by atoms with E-state index in [0.29, 0.717) is 5.56 Å². The van der Waals surface area contributed by atoms with E-state index >= 15 is 0 Å². The summed E-state index contributed by atoms with van der Waals surface area (Å²) in [6.45, 7) is 0. The van der Waals surface area contributed by atoms with E-state index in [1.54, 1.807) is 12.1 Å². The zero-order valence-corrected chi connectivity index (χ0v) is 8.29. The van der Waals surface area contributed by atoms with Gasteiger partial charge in [0.05, 0.1) is 6.42 Å². The van der Waals surface area contributed by atoms with Gasteiger partial charge < -0.3 is 14.9 Å². The number of phenols is 1. The fraction of sp³-hybridized carbons (Fsp3) is 0.273. The van der Waals surface area contributed by atoms with Crippen LogP contribution in [0.1, 0.15) is 18.1 Å². The summed E-state index contributed by atoms with van der Waals surface area (Å²) in [5.41, 5.74) is 0.498. The fourth-order valence-corrected chi connectivity index (χ4v) is 1.78. The van der Waals surface area contributed by atoms with Gasteiger partial charge in [-0.05, 0) is 17.7 Å². The highest BCUT2D eigenvalue weighted by Crippen LogP contribution is 2.36. The quantitative estimate of drug-likeness (QED) is 0.731. The molecule has 1 fully saturated rings. The molecule has 2 N–H and O–H groups in total. The van der Waals surface area contributed by atoms with Crippen molar-refractivity contribution in [3.63, 3.8) is 0 Å². The molecule has 16 heavy (non-hydrogen) atoms. The van der Waals surface area contributed by atoms with Crippen LogP contribution in [-0.4, -0.2) is 22.2 Å². The molecular weight excluding hydrogens is 212 g/mol. The zero-order chi connectivity index (χ0) is 11.7. The highest BCUT2D eigenvalue weighted by atomic mass is 16.6. The van der Waals surface area contributed by atoms with Gasteiger partial charge in [-0.2, -0.15) is 0 Å². The molecule has 84 valence electrons. The molecule has 2 atom stereocenters. The molecule has 1 saturated heterocycles. The number of cyclic esters (lactones) is 1. The number of carboxylic acids is 1. The molecule has 1 heterocycles. The Labute approximate surface area is 91.3 Å². The minimum absolute atomic E-state index is 0.0181. The second kappa shape index (κ2) is 3.84. The van der Waals surface area contributed by atoms with Crippen LogP contribution in [0.3, 0.4) is 0 Å². The van der Waals surface area contributed by atoms with Crippen LogP contribution in [0.2, 0.25) is 0 Å². The van der Waals surface area contributed by atoms with E-state index < -0.39 is 24.0 Å². The summed E-state index contributed by atoms with van der Waals surface area (Å²) < 4.78 is 4.95. The van der Waals surface area contributed by atoms with Crippen molar-refractivity contribution < 1.29 is 24.5 Å². The lowest BCUT2D eigenvalue weighted by Crippen LogP contribution is -2.17. The Morgan fingerprint density at radius 3 is 2.81 bits per heavy atom. The van der Waals surface area contributed by atoms with Crippen LogP contribution in [0, 0.1) is 5.92 Å². The first kappa shape index (κ1) is 10.5. The number of carbonyl (C=O) groups is 2. The van der Waals surface area contributed by atoms with Gasteiger partial charge in [0.15, 0.2) is 0 Å². The molecule has 0 aliphatic carbocycles. The second-order valence-corrected chi connectivity index (χ2v) is 3.65. The lowest BCUT2D eigenvalue weighted by molar-refractivity contribution is -0.144. The maximum atomic E-state index is 11.1. The summed E-state index contributed by atoms with van der Waals surface area (Å²) in [4.78, 5) is 22.0. The first-order valence-corrected chi connectivity index (χ1v) is 4.79. The second-order valence-electron chi connectivity index (χ2n) is 3.65. The number of ether oxygens (including phenoxy) is 1. The molecule has 0 amide bonds. The van der Waals surface area contributed by atoms with Gasteiger partial charge in [0.2, 0.25) is 0 Å². The van der Waals surface area contributed by atoms with Crippen LogP contribution in [0.4, 0.5) is 0 Å². The molecule has 1 aliphatic rings. The van der Waals surface area contributed by atoms with Crippen LogP contribution in [0.5, 0.6) is 5.75 Å². The lowest BCUT2D eigenvalue weighted by Gasteiger charge is -2.14. The summed E-state index contributed by atoms with van der Waals surface area (Å²) in [7, 11) is 0. The maximum absolute atomic E-state index is 11.1. The molecule has 0 aromatic heterocycles. The predicted octanol–water partition coefficient (Wildman–Crippen LogP) is 1.08. The molecule has 0 saturated carbocycles. The first-order chi connectivity index (χ1) is 7.58. The van der Waals surface area contributed by atoms with Gasteiger partial charge in [0.25, 0.3) is 0 Å². The van der Waals surface area contributed by atoms with Crippen molar-refractivity contribution >= 4 is 11.9 Å². The number of hydrogen-bond donors (Lipinski definition) is 2. The van der Waals surface area contributed by atoms with E-state index in [1.165, 1.54) is 12.1 Å². The number of esters is 1. The Morgan fingerprint density at radius 2 is 2.19 bits per heavy atom. The summed E-state index contributed by atoms with van der Waals surface area (Å²) in [5, 5.41) is 18.2. The standard InChI is InChI=1S/C11H10O5/c12-7-3-1-2-6(4-7)10-8(11(14)15)5-9(13)16-10/h1-4,8,10,12H,5H2,(H,14,15)/t8-,10-/m1/s1. The van der Waals surface area contributed by atoms with Crippen LogP contribution >= 0.6 is 0 Å². The number of hydrogen-bond acceptors (Lipinski definition) is 4. The highest BCUT2D eigenvalue weighted by molar-refractivity contribution is 5.82. The van der Waals surface area contributed by atoms with Gasteiger partial charge in [-0.3, -0.25) is 9.59 Å². The van der Waals surface area contributed by atoms with E-state index in [-0.39, 0.29) is 12.2 Å². The normalized spacial score (nSPS) is 24.1. The third kappa shape index (κ3) is 1.84. The van der Waals surface area contributed by atoms with Crippen LogP contribution in [-0.2, 0) is 14.3 Å². The summed E-state index contributed by atoms with van der Waals surface area (Å²) >= 11 is 0. The monoisotopic (exact) mass is 222 g/mol. The van der Waals surface area contributed by atoms with Gasteiger partial charge in [0, 0.05) is 0 Å². The third-order valence-electron chi connectivity index (χ3n) is 2.53. The molecule has 0 bridgehead atoms. The van der Waals surface area contributed by atoms with Gasteiger partial charge in [-0.25, -0.2) is 0 Å². The number of phenolic OH excluding ortho intramolecular Hbond substituents is 1. The van der Waals surface area contributed by atoms with Crippen molar-refractivity contribution in [3.8, 4) is 5.75 Å². The van der Waals surface area contributed by atoms with E-state index in [1.807, 2.05) is 0 Å². The number of benzene rings is 1. The fourth-order valence-electron chi connectivity index (χ4n) is 1.78. The number of aliphatic carboxylic acids is 1. The Morgan fingerprint density at radius 1 is 1.44 bits per heavy atom. The number of carbonyl (C=O) groups excluding carboxylic acids is 1. The van der Waals surface area contributed by atoms with E-state index in [4.69, 9.17) is 9.84 Å². The Bertz CT molecular complexity index is 440. The molecular formula is C11H10O5. The molecule has 1 aliphatic heterocycles. The number of aromatic hydroxyl groups is 1. The lowest BCUT2D eigenvalue weighted by atomic mass is 9.95. The van der Waals surface area contributed by atoms with Gasteiger partial charge in [-0.15, -0.1) is 0 Å². The Kier molecular flexibility index (Phi) is 2.52. The SMILES string of the molecule is O=C1C[C@@H](C(=O)O)[C@@H](c2cccc(O)c2)O1. The Balaban J connectivity index is 2.32. The topological polar surface area (TPSA) is 83.8 Å². The molecule has 1 aromatic rings. The number of carboxylic acid groups (broad SMARTS) is 1. The predicted molar refractivity (Wildman–Crippen MR) is 52.7 cm³/mol. The van der Waals surface area contributed by atoms with Gasteiger partial charge >= 0.3 is 11.9 Å². The molecule has 0 radical (unpaired) electrons. The molecule has 0 unspecified atom stereocenters. The summed E-state index contributed by atoms with van der Waals surface area (Å²) in [6, 6.07) is 6.07. The zero-order valence-electron chi connectivity index (χ0n) is 8.29. The molecule has 2 rings (SSSR count). The van der Waals surface area contributed by atoms with E-state index in [2.05, 4.69) is 0 Å². The average molecular weight is 222 g/mol. The van der Waals surface area contributed by atoms with Gasteiger partial charge in [0.1, 0.15) is 17.8 Å². The molecule has 5 heteroatoms. The van der Waals surface area contributed by atoms with Crippen LogP contribution < -0.4 is 0 Å². The maximum Gasteiger partial charge on any atom is 0.311 e. The van der Waals surface area contributed by atoms with Crippen molar-refractivity contribution in [2.24, 2.45) is 5.92 Å². The van der Waals surface area contributed by atoms with Crippen LogP contribution in [0.15, 0.2) is 24.3 Å². The highest BCUT2D eigenvalue weighted by Gasteiger charge is 2.40. The summed E-state index contributed by atoms with van der Waals surface area (Å²) in [6.07, 6.45) is -0.938. The molecule has 1 aromatic carbocycles. The van der Waals surface area contributed by atoms with E-state index in [9.17, 15) is 14.7 Å². The van der Waals surface area contributed by atoms with Crippen molar-refractivity contribution in [2.75, 3.05) is 0 Å². The summed E-state index contributed by atoms with van der Waals surface area (Å²) in [5.74, 6) is -2.46. The number of rotatable bonds is 2. The molecule has 0 spiro atoms. The van der Waals surface area contributed by atoms with Crippen molar-refractivity contribution in [1.82, 2.24) is 0 Å². The van der Waals surface area contributed by atoms with Crippen molar-refractivity contribution in [2.45, 2.75) is 12.5 Å². The minimum atomic E-state index is -1.07. The van der Waals surface area contributed by atoms with Crippen molar-refractivity contribution in [1.29, 1.82) is 0 Å². The van der Waals surface area contributed by atoms with Crippen molar-refractivity contribution in [3.05, 3.63) is 29.8 Å². The average Bonchev–Trinajstić information content (AvgIpc) is 2.60. The van der Waals surface area contributed by atoms with E-state index in [0.717, 1.165) is 0 Å². The first-order valence-electron chi connectivity index (χ1n) is 4.79. The minimum Gasteiger partial charge on any atom is -0.508 e. The largest absolute Gasteiger partial charge is 0.508 e.